The quantitative estimate of drug-likeness (QED) is 0.749. The summed E-state index contributed by atoms with van der Waals surface area (Å²) >= 11 is 8.19. The van der Waals surface area contributed by atoms with Crippen LogP contribution in [0.5, 0.6) is 0 Å². The van der Waals surface area contributed by atoms with E-state index < -0.39 is 0 Å². The van der Waals surface area contributed by atoms with E-state index in [-0.39, 0.29) is 0 Å². The lowest BCUT2D eigenvalue weighted by atomic mass is 10.2. The van der Waals surface area contributed by atoms with E-state index in [0.29, 0.717) is 5.92 Å². The van der Waals surface area contributed by atoms with Crippen molar-refractivity contribution in [2.45, 2.75) is 37.1 Å². The van der Waals surface area contributed by atoms with Crippen molar-refractivity contribution in [1.29, 1.82) is 0 Å². The monoisotopic (exact) mass is 319 g/mol. The molecular weight excluding hydrogens is 298 g/mol. The van der Waals surface area contributed by atoms with E-state index in [0.717, 1.165) is 18.1 Å². The highest BCUT2D eigenvalue weighted by Gasteiger charge is 2.09. The molecule has 0 atom stereocenters. The van der Waals surface area contributed by atoms with Crippen LogP contribution in [0.15, 0.2) is 52.3 Å². The molecule has 2 aromatic carbocycles. The molecule has 1 N–H and O–H groups in total. The normalized spacial score (nSPS) is 11.1. The Bertz CT molecular complexity index is 596. The van der Waals surface area contributed by atoms with Crippen LogP contribution >= 0.6 is 23.4 Å². The number of halogens is 1. The van der Waals surface area contributed by atoms with Crippen LogP contribution in [0.2, 0.25) is 5.02 Å². The zero-order chi connectivity index (χ0) is 15.2. The molecule has 21 heavy (non-hydrogen) atoms. The molecule has 2 rings (SSSR count). The van der Waals surface area contributed by atoms with Crippen LogP contribution in [0.3, 0.4) is 0 Å². The van der Waals surface area contributed by atoms with Gasteiger partial charge >= 0.3 is 0 Å². The number of benzene rings is 2. The van der Waals surface area contributed by atoms with Crippen LogP contribution in [0.4, 0.5) is 0 Å². The molecule has 0 amide bonds. The third-order valence-electron chi connectivity index (χ3n) is 3.24. The van der Waals surface area contributed by atoms with E-state index in [1.165, 1.54) is 20.9 Å². The summed E-state index contributed by atoms with van der Waals surface area (Å²) in [5.74, 6) is 0.639. The molecule has 0 aliphatic carbocycles. The first-order valence-corrected chi connectivity index (χ1v) is 8.49. The Labute approximate surface area is 137 Å². The number of aryl methyl sites for hydroxylation is 1. The molecular formula is C18H22ClNS. The van der Waals surface area contributed by atoms with Gasteiger partial charge in [0.1, 0.15) is 0 Å². The zero-order valence-electron chi connectivity index (χ0n) is 12.8. The molecule has 0 aliphatic heterocycles. The summed E-state index contributed by atoms with van der Waals surface area (Å²) in [6, 6.07) is 14.6. The number of nitrogens with one attached hydrogen (secondary N) is 1. The minimum Gasteiger partial charge on any atom is -0.312 e. The summed E-state index contributed by atoms with van der Waals surface area (Å²) in [5.41, 5.74) is 2.48. The zero-order valence-corrected chi connectivity index (χ0v) is 14.4. The largest absolute Gasteiger partial charge is 0.312 e. The molecule has 0 saturated heterocycles. The predicted octanol–water partition coefficient (Wildman–Crippen LogP) is 5.55. The molecule has 0 bridgehead atoms. The lowest BCUT2D eigenvalue weighted by molar-refractivity contribution is 0.550. The summed E-state index contributed by atoms with van der Waals surface area (Å²) < 4.78 is 0. The molecule has 0 unspecified atom stereocenters. The molecule has 0 aromatic heterocycles. The highest BCUT2D eigenvalue weighted by molar-refractivity contribution is 7.99. The molecule has 0 saturated carbocycles. The van der Waals surface area contributed by atoms with Gasteiger partial charge in [0.2, 0.25) is 0 Å². The van der Waals surface area contributed by atoms with Crippen LogP contribution in [0.25, 0.3) is 0 Å². The lowest BCUT2D eigenvalue weighted by Crippen LogP contribution is -2.19. The highest BCUT2D eigenvalue weighted by Crippen LogP contribution is 2.35. The molecule has 0 spiro atoms. The topological polar surface area (TPSA) is 12.0 Å². The van der Waals surface area contributed by atoms with Gasteiger partial charge in [0.25, 0.3) is 0 Å². The van der Waals surface area contributed by atoms with Crippen LogP contribution in [0, 0.1) is 12.8 Å². The van der Waals surface area contributed by atoms with Gasteiger partial charge in [-0.3, -0.25) is 0 Å². The number of hydrogen-bond donors (Lipinski definition) is 1. The Hall–Kier alpha value is -0.960. The summed E-state index contributed by atoms with van der Waals surface area (Å²) in [4.78, 5) is 2.51. The SMILES string of the molecule is Cc1ccccc1Sc1cccc(Cl)c1CNCC(C)C. The highest BCUT2D eigenvalue weighted by atomic mass is 35.5. The molecule has 1 nitrogen and oxygen atoms in total. The second-order valence-corrected chi connectivity index (χ2v) is 7.10. The Morgan fingerprint density at radius 3 is 2.48 bits per heavy atom. The van der Waals surface area contributed by atoms with Crippen LogP contribution in [0.1, 0.15) is 25.0 Å². The van der Waals surface area contributed by atoms with E-state index in [4.69, 9.17) is 11.6 Å². The maximum absolute atomic E-state index is 6.40. The summed E-state index contributed by atoms with van der Waals surface area (Å²) in [6.07, 6.45) is 0. The summed E-state index contributed by atoms with van der Waals surface area (Å²) in [7, 11) is 0. The second-order valence-electron chi connectivity index (χ2n) is 5.61. The molecule has 0 radical (unpaired) electrons. The van der Waals surface area contributed by atoms with Gasteiger partial charge in [0.05, 0.1) is 0 Å². The van der Waals surface area contributed by atoms with Gasteiger partial charge < -0.3 is 5.32 Å². The molecule has 0 heterocycles. The third-order valence-corrected chi connectivity index (χ3v) is 4.88. The maximum Gasteiger partial charge on any atom is 0.0462 e. The van der Waals surface area contributed by atoms with Gasteiger partial charge in [0, 0.05) is 21.4 Å². The van der Waals surface area contributed by atoms with Gasteiger partial charge in [-0.15, -0.1) is 0 Å². The van der Waals surface area contributed by atoms with E-state index in [9.17, 15) is 0 Å². The van der Waals surface area contributed by atoms with E-state index in [1.54, 1.807) is 11.8 Å². The molecule has 3 heteroatoms. The fraction of sp³-hybridized carbons (Fsp3) is 0.333. The fourth-order valence-electron chi connectivity index (χ4n) is 2.08. The van der Waals surface area contributed by atoms with Crippen molar-refractivity contribution in [3.05, 3.63) is 58.6 Å². The van der Waals surface area contributed by atoms with Crippen molar-refractivity contribution in [3.8, 4) is 0 Å². The summed E-state index contributed by atoms with van der Waals surface area (Å²) in [6.45, 7) is 8.38. The Kier molecular flexibility index (Phi) is 6.16. The number of hydrogen-bond acceptors (Lipinski definition) is 2. The van der Waals surface area contributed by atoms with Crippen LogP contribution in [-0.4, -0.2) is 6.54 Å². The smallest absolute Gasteiger partial charge is 0.0462 e. The third kappa shape index (κ3) is 4.77. The maximum atomic E-state index is 6.40. The van der Waals surface area contributed by atoms with Gasteiger partial charge in [-0.25, -0.2) is 0 Å². The Balaban J connectivity index is 2.19. The van der Waals surface area contributed by atoms with Crippen molar-refractivity contribution >= 4 is 23.4 Å². The molecule has 112 valence electrons. The standard InChI is InChI=1S/C18H22ClNS/c1-13(2)11-20-12-15-16(19)8-6-10-18(15)21-17-9-5-4-7-14(17)3/h4-10,13,20H,11-12H2,1-3H3. The second kappa shape index (κ2) is 7.88. The van der Waals surface area contributed by atoms with Gasteiger partial charge in [-0.2, -0.15) is 0 Å². The van der Waals surface area contributed by atoms with E-state index in [2.05, 4.69) is 56.4 Å². The Morgan fingerprint density at radius 1 is 1.05 bits per heavy atom. The average molecular weight is 320 g/mol. The van der Waals surface area contributed by atoms with Crippen molar-refractivity contribution in [1.82, 2.24) is 5.32 Å². The minimum absolute atomic E-state index is 0.639. The van der Waals surface area contributed by atoms with Crippen molar-refractivity contribution in [2.75, 3.05) is 6.54 Å². The van der Waals surface area contributed by atoms with E-state index >= 15 is 0 Å². The first-order chi connectivity index (χ1) is 10.1. The average Bonchev–Trinajstić information content (AvgIpc) is 2.44. The fourth-order valence-corrected chi connectivity index (χ4v) is 3.44. The summed E-state index contributed by atoms with van der Waals surface area (Å²) in [5, 5.41) is 4.32. The predicted molar refractivity (Wildman–Crippen MR) is 93.3 cm³/mol. The van der Waals surface area contributed by atoms with Gasteiger partial charge in [-0.1, -0.05) is 61.5 Å². The molecule has 2 aromatic rings. The Morgan fingerprint density at radius 2 is 1.76 bits per heavy atom. The van der Waals surface area contributed by atoms with E-state index in [1.807, 2.05) is 12.1 Å². The first kappa shape index (κ1) is 16.4. The van der Waals surface area contributed by atoms with Crippen molar-refractivity contribution in [3.63, 3.8) is 0 Å². The van der Waals surface area contributed by atoms with Crippen LogP contribution < -0.4 is 5.32 Å². The number of rotatable bonds is 6. The van der Waals surface area contributed by atoms with Crippen LogP contribution in [-0.2, 0) is 6.54 Å². The van der Waals surface area contributed by atoms with Gasteiger partial charge in [-0.05, 0) is 48.7 Å². The van der Waals surface area contributed by atoms with Gasteiger partial charge in [0.15, 0.2) is 0 Å². The minimum atomic E-state index is 0.639. The molecule has 0 fully saturated rings. The first-order valence-electron chi connectivity index (χ1n) is 7.29. The van der Waals surface area contributed by atoms with Crippen molar-refractivity contribution in [2.24, 2.45) is 5.92 Å². The molecule has 0 aliphatic rings. The lowest BCUT2D eigenvalue weighted by Gasteiger charge is -2.14. The van der Waals surface area contributed by atoms with Crippen molar-refractivity contribution < 1.29 is 0 Å².